The minimum Gasteiger partial charge on any atom is -0.465 e. The number of hydrogen-bond acceptors (Lipinski definition) is 3. The molecule has 0 aromatic rings. The summed E-state index contributed by atoms with van der Waals surface area (Å²) in [4.78, 5) is 12.5. The van der Waals surface area contributed by atoms with E-state index >= 15 is 0 Å². The number of esters is 1. The van der Waals surface area contributed by atoms with E-state index < -0.39 is 13.7 Å². The van der Waals surface area contributed by atoms with Gasteiger partial charge in [-0.15, -0.1) is 0 Å². The van der Waals surface area contributed by atoms with Gasteiger partial charge >= 0.3 is 5.97 Å². The minimum atomic E-state index is -1.98. The van der Waals surface area contributed by atoms with Gasteiger partial charge in [-0.1, -0.05) is 45.1 Å². The number of ether oxygens (including phenoxy) is 1. The smallest absolute Gasteiger partial charge is 0.318 e. The predicted molar refractivity (Wildman–Crippen MR) is 89.7 cm³/mol. The van der Waals surface area contributed by atoms with E-state index in [1.165, 1.54) is 0 Å². The minimum absolute atomic E-state index is 0.0925. The summed E-state index contributed by atoms with van der Waals surface area (Å²) in [5, 5.41) is 0.0925. The summed E-state index contributed by atoms with van der Waals surface area (Å²) >= 11 is 0. The molecule has 0 spiro atoms. The van der Waals surface area contributed by atoms with Crippen molar-refractivity contribution in [1.29, 1.82) is 0 Å². The molecule has 0 saturated carbocycles. The first kappa shape index (κ1) is 18.2. The molecule has 120 valence electrons. The molecule has 0 radical (unpaired) electrons. The van der Waals surface area contributed by atoms with Crippen LogP contribution in [-0.2, 0) is 14.0 Å². The molecular weight excluding hydrogens is 280 g/mol. The zero-order chi connectivity index (χ0) is 16.5. The van der Waals surface area contributed by atoms with Crippen molar-refractivity contribution in [2.45, 2.75) is 65.3 Å². The molecule has 0 fully saturated rings. The van der Waals surface area contributed by atoms with Crippen LogP contribution in [0.4, 0.5) is 0 Å². The van der Waals surface area contributed by atoms with Crippen molar-refractivity contribution in [2.75, 3.05) is 6.61 Å². The van der Waals surface area contributed by atoms with Crippen molar-refractivity contribution in [3.63, 3.8) is 0 Å². The van der Waals surface area contributed by atoms with Crippen molar-refractivity contribution in [1.82, 2.24) is 0 Å². The molecule has 0 aliphatic heterocycles. The molecule has 0 aromatic heterocycles. The fourth-order valence-electron chi connectivity index (χ4n) is 2.13. The summed E-state index contributed by atoms with van der Waals surface area (Å²) in [6.07, 6.45) is 4.46. The average Bonchev–Trinajstić information content (AvgIpc) is 2.33. The molecule has 1 aliphatic carbocycles. The Kier molecular flexibility index (Phi) is 5.27. The Bertz CT molecular complexity index is 445. The van der Waals surface area contributed by atoms with Crippen molar-refractivity contribution >= 4 is 14.3 Å². The molecule has 0 bridgehead atoms. The van der Waals surface area contributed by atoms with Gasteiger partial charge in [0.1, 0.15) is 5.41 Å². The van der Waals surface area contributed by atoms with Crippen molar-refractivity contribution in [3.8, 4) is 0 Å². The van der Waals surface area contributed by atoms with Crippen LogP contribution < -0.4 is 0 Å². The topological polar surface area (TPSA) is 35.5 Å². The third kappa shape index (κ3) is 3.48. The fraction of sp³-hybridized carbons (Fsp3) is 0.706. The highest BCUT2D eigenvalue weighted by Gasteiger charge is 2.50. The molecule has 1 aliphatic rings. The monoisotopic (exact) mass is 310 g/mol. The Morgan fingerprint density at radius 1 is 1.48 bits per heavy atom. The van der Waals surface area contributed by atoms with Crippen LogP contribution in [0.2, 0.25) is 18.1 Å². The first-order valence-electron chi connectivity index (χ1n) is 7.66. The SMILES string of the molecule is C=C1CC=CC(O[Si](C)(C)C(C)(C)C)C1(C)C(=O)OCC. The van der Waals surface area contributed by atoms with E-state index in [0.717, 1.165) is 5.57 Å². The molecular formula is C17H30O3Si. The van der Waals surface area contributed by atoms with Crippen LogP contribution in [-0.4, -0.2) is 27.0 Å². The second kappa shape index (κ2) is 6.09. The molecule has 0 N–H and O–H groups in total. The van der Waals surface area contributed by atoms with E-state index in [-0.39, 0.29) is 17.1 Å². The summed E-state index contributed by atoms with van der Waals surface area (Å²) in [6, 6.07) is 0. The summed E-state index contributed by atoms with van der Waals surface area (Å²) in [5.41, 5.74) is 0.0764. The second-order valence-electron chi connectivity index (χ2n) is 7.46. The van der Waals surface area contributed by atoms with E-state index in [4.69, 9.17) is 9.16 Å². The van der Waals surface area contributed by atoms with Gasteiger partial charge in [0.2, 0.25) is 0 Å². The Morgan fingerprint density at radius 2 is 2.05 bits per heavy atom. The average molecular weight is 311 g/mol. The first-order valence-corrected chi connectivity index (χ1v) is 10.6. The lowest BCUT2D eigenvalue weighted by atomic mass is 9.73. The lowest BCUT2D eigenvalue weighted by Crippen LogP contribution is -2.52. The van der Waals surface area contributed by atoms with E-state index in [0.29, 0.717) is 13.0 Å². The third-order valence-electron chi connectivity index (χ3n) is 4.91. The molecule has 0 heterocycles. The van der Waals surface area contributed by atoms with Crippen molar-refractivity contribution in [2.24, 2.45) is 5.41 Å². The maximum atomic E-state index is 12.5. The Morgan fingerprint density at radius 3 is 2.52 bits per heavy atom. The molecule has 0 saturated heterocycles. The molecule has 21 heavy (non-hydrogen) atoms. The molecule has 0 aromatic carbocycles. The van der Waals surface area contributed by atoms with Gasteiger partial charge in [0.25, 0.3) is 0 Å². The standard InChI is InChI=1S/C17H30O3Si/c1-9-19-15(18)17(6)13(2)11-10-12-14(17)20-21(7,8)16(3,4)5/h10,12,14H,2,9,11H2,1,3-8H3. The van der Waals surface area contributed by atoms with E-state index in [9.17, 15) is 4.79 Å². The van der Waals surface area contributed by atoms with Crippen LogP contribution in [0.15, 0.2) is 24.3 Å². The predicted octanol–water partition coefficient (Wildman–Crippen LogP) is 4.46. The van der Waals surface area contributed by atoms with E-state index in [1.807, 2.05) is 26.0 Å². The summed E-state index contributed by atoms with van der Waals surface area (Å²) in [6.45, 7) is 19.2. The van der Waals surface area contributed by atoms with Crippen molar-refractivity contribution < 1.29 is 14.0 Å². The summed E-state index contributed by atoms with van der Waals surface area (Å²) < 4.78 is 11.8. The molecule has 2 atom stereocenters. The summed E-state index contributed by atoms with van der Waals surface area (Å²) in [5.74, 6) is -0.233. The van der Waals surface area contributed by atoms with Gasteiger partial charge in [-0.25, -0.2) is 0 Å². The molecule has 1 rings (SSSR count). The number of rotatable bonds is 4. The molecule has 0 amide bonds. The van der Waals surface area contributed by atoms with Gasteiger partial charge in [0, 0.05) is 0 Å². The molecule has 2 unspecified atom stereocenters. The van der Waals surface area contributed by atoms with Gasteiger partial charge in [-0.3, -0.25) is 4.79 Å². The number of carbonyl (C=O) groups excluding carboxylic acids is 1. The van der Waals surface area contributed by atoms with Gasteiger partial charge < -0.3 is 9.16 Å². The largest absolute Gasteiger partial charge is 0.465 e. The van der Waals surface area contributed by atoms with Gasteiger partial charge in [0.15, 0.2) is 8.32 Å². The van der Waals surface area contributed by atoms with Crippen LogP contribution in [0.3, 0.4) is 0 Å². The maximum Gasteiger partial charge on any atom is 0.318 e. The van der Waals surface area contributed by atoms with Crippen LogP contribution >= 0.6 is 0 Å². The molecule has 4 heteroatoms. The van der Waals surface area contributed by atoms with E-state index in [2.05, 4.69) is 40.4 Å². The highest BCUT2D eigenvalue weighted by Crippen LogP contribution is 2.44. The quantitative estimate of drug-likeness (QED) is 0.437. The number of allylic oxidation sites excluding steroid dienone is 1. The normalized spacial score (nSPS) is 26.8. The van der Waals surface area contributed by atoms with Gasteiger partial charge in [-0.2, -0.15) is 0 Å². The third-order valence-corrected chi connectivity index (χ3v) is 9.36. The van der Waals surface area contributed by atoms with Gasteiger partial charge in [-0.05, 0) is 38.4 Å². The zero-order valence-corrected chi connectivity index (χ0v) is 15.6. The zero-order valence-electron chi connectivity index (χ0n) is 14.6. The maximum absolute atomic E-state index is 12.5. The van der Waals surface area contributed by atoms with Crippen molar-refractivity contribution in [3.05, 3.63) is 24.3 Å². The van der Waals surface area contributed by atoms with Crippen LogP contribution in [0.1, 0.15) is 41.0 Å². The van der Waals surface area contributed by atoms with E-state index in [1.54, 1.807) is 0 Å². The first-order chi connectivity index (χ1) is 9.46. The van der Waals surface area contributed by atoms with Gasteiger partial charge in [0.05, 0.1) is 12.7 Å². The lowest BCUT2D eigenvalue weighted by Gasteiger charge is -2.45. The Labute approximate surface area is 130 Å². The lowest BCUT2D eigenvalue weighted by molar-refractivity contribution is -0.156. The Hall–Kier alpha value is -0.873. The van der Waals surface area contributed by atoms with Crippen LogP contribution in [0.5, 0.6) is 0 Å². The summed E-state index contributed by atoms with van der Waals surface area (Å²) in [7, 11) is -1.98. The molecule has 3 nitrogen and oxygen atoms in total. The van der Waals surface area contributed by atoms with Crippen LogP contribution in [0, 0.1) is 5.41 Å². The fourth-order valence-corrected chi connectivity index (χ4v) is 3.44. The highest BCUT2D eigenvalue weighted by atomic mass is 28.4. The second-order valence-corrected chi connectivity index (χ2v) is 12.2. The number of carbonyl (C=O) groups is 1. The Balaban J connectivity index is 3.13. The highest BCUT2D eigenvalue weighted by molar-refractivity contribution is 6.74. The number of hydrogen-bond donors (Lipinski definition) is 0. The van der Waals surface area contributed by atoms with Crippen LogP contribution in [0.25, 0.3) is 0 Å².